The fraction of sp³-hybridized carbons (Fsp3) is 0. The lowest BCUT2D eigenvalue weighted by molar-refractivity contribution is 0.631. The molecule has 2 heterocycles. The standard InChI is InChI=1S/C12H11FN8/c13-8-3-1-2-4-9(8)16-10-17-11(20-14)19-12(18-10)21-6-5-15-7-21/h1-7H,14H2,(H2,16,17,18,19,20). The Morgan fingerprint density at radius 1 is 1.10 bits per heavy atom. The van der Waals surface area contributed by atoms with Crippen LogP contribution in [0.4, 0.5) is 22.0 Å². The van der Waals surface area contributed by atoms with Gasteiger partial charge in [0, 0.05) is 12.4 Å². The fourth-order valence-electron chi connectivity index (χ4n) is 1.66. The van der Waals surface area contributed by atoms with Crippen molar-refractivity contribution in [3.63, 3.8) is 0 Å². The van der Waals surface area contributed by atoms with Crippen molar-refractivity contribution in [1.82, 2.24) is 24.5 Å². The van der Waals surface area contributed by atoms with Crippen LogP contribution >= 0.6 is 0 Å². The van der Waals surface area contributed by atoms with Crippen LogP contribution in [0.25, 0.3) is 5.95 Å². The van der Waals surface area contributed by atoms with Crippen LogP contribution < -0.4 is 16.6 Å². The molecule has 106 valence electrons. The summed E-state index contributed by atoms with van der Waals surface area (Å²) in [6, 6.07) is 6.21. The summed E-state index contributed by atoms with van der Waals surface area (Å²) in [5, 5.41) is 2.78. The van der Waals surface area contributed by atoms with E-state index in [2.05, 4.69) is 30.7 Å². The summed E-state index contributed by atoms with van der Waals surface area (Å²) in [6.07, 6.45) is 4.79. The minimum Gasteiger partial charge on any atom is -0.321 e. The summed E-state index contributed by atoms with van der Waals surface area (Å²) in [7, 11) is 0. The summed E-state index contributed by atoms with van der Waals surface area (Å²) in [5.74, 6) is 5.53. The number of nitrogens with zero attached hydrogens (tertiary/aromatic N) is 5. The molecular weight excluding hydrogens is 275 g/mol. The Hall–Kier alpha value is -3.07. The number of aromatic nitrogens is 5. The lowest BCUT2D eigenvalue weighted by Gasteiger charge is -2.09. The van der Waals surface area contributed by atoms with Gasteiger partial charge in [0.25, 0.3) is 0 Å². The Morgan fingerprint density at radius 2 is 1.90 bits per heavy atom. The van der Waals surface area contributed by atoms with Gasteiger partial charge in [0.2, 0.25) is 17.8 Å². The quantitative estimate of drug-likeness (QED) is 0.489. The molecule has 0 fully saturated rings. The Labute approximate surface area is 118 Å². The van der Waals surface area contributed by atoms with Crippen molar-refractivity contribution < 1.29 is 4.39 Å². The first-order valence-corrected chi connectivity index (χ1v) is 5.99. The average molecular weight is 286 g/mol. The van der Waals surface area contributed by atoms with Crippen LogP contribution in [0.3, 0.4) is 0 Å². The van der Waals surface area contributed by atoms with Crippen molar-refractivity contribution in [2.75, 3.05) is 10.7 Å². The second-order valence-electron chi connectivity index (χ2n) is 4.00. The van der Waals surface area contributed by atoms with Gasteiger partial charge in [0.15, 0.2) is 0 Å². The van der Waals surface area contributed by atoms with E-state index in [1.165, 1.54) is 12.4 Å². The predicted molar refractivity (Wildman–Crippen MR) is 74.4 cm³/mol. The SMILES string of the molecule is NNc1nc(Nc2ccccc2F)nc(-n2ccnc2)n1. The zero-order valence-electron chi connectivity index (χ0n) is 10.7. The van der Waals surface area contributed by atoms with E-state index in [1.807, 2.05) is 0 Å². The normalized spacial score (nSPS) is 10.4. The fourth-order valence-corrected chi connectivity index (χ4v) is 1.66. The van der Waals surface area contributed by atoms with Gasteiger partial charge in [-0.3, -0.25) is 9.99 Å². The predicted octanol–water partition coefficient (Wildman–Crippen LogP) is 1.23. The Balaban J connectivity index is 1.99. The lowest BCUT2D eigenvalue weighted by atomic mass is 10.3. The number of benzene rings is 1. The van der Waals surface area contributed by atoms with E-state index >= 15 is 0 Å². The van der Waals surface area contributed by atoms with Gasteiger partial charge < -0.3 is 5.32 Å². The highest BCUT2D eigenvalue weighted by Crippen LogP contribution is 2.18. The zero-order chi connectivity index (χ0) is 14.7. The highest BCUT2D eigenvalue weighted by Gasteiger charge is 2.09. The average Bonchev–Trinajstić information content (AvgIpc) is 3.04. The minimum absolute atomic E-state index is 0.146. The van der Waals surface area contributed by atoms with Gasteiger partial charge in [0.05, 0.1) is 5.69 Å². The van der Waals surface area contributed by atoms with Crippen LogP contribution in [0.5, 0.6) is 0 Å². The Morgan fingerprint density at radius 3 is 2.62 bits per heavy atom. The number of para-hydroxylation sites is 1. The molecule has 0 amide bonds. The molecule has 0 aliphatic carbocycles. The van der Waals surface area contributed by atoms with E-state index in [0.29, 0.717) is 5.95 Å². The van der Waals surface area contributed by atoms with E-state index < -0.39 is 5.82 Å². The second-order valence-corrected chi connectivity index (χ2v) is 4.00. The summed E-state index contributed by atoms with van der Waals surface area (Å²) in [6.45, 7) is 0. The van der Waals surface area contributed by atoms with Crippen molar-refractivity contribution in [3.8, 4) is 5.95 Å². The molecule has 0 bridgehead atoms. The number of rotatable bonds is 4. The molecule has 0 aliphatic heterocycles. The zero-order valence-corrected chi connectivity index (χ0v) is 10.7. The molecule has 21 heavy (non-hydrogen) atoms. The largest absolute Gasteiger partial charge is 0.321 e. The van der Waals surface area contributed by atoms with Crippen molar-refractivity contribution in [2.24, 2.45) is 5.84 Å². The number of hydrazine groups is 1. The third kappa shape index (κ3) is 2.77. The molecule has 3 rings (SSSR count). The Bertz CT molecular complexity index is 743. The molecule has 1 aromatic carbocycles. The molecule has 0 spiro atoms. The van der Waals surface area contributed by atoms with Gasteiger partial charge in [-0.15, -0.1) is 0 Å². The molecule has 4 N–H and O–H groups in total. The number of imidazole rings is 1. The maximum atomic E-state index is 13.6. The summed E-state index contributed by atoms with van der Waals surface area (Å²) >= 11 is 0. The third-order valence-electron chi connectivity index (χ3n) is 2.61. The maximum Gasteiger partial charge on any atom is 0.243 e. The monoisotopic (exact) mass is 286 g/mol. The van der Waals surface area contributed by atoms with Gasteiger partial charge in [-0.2, -0.15) is 15.0 Å². The lowest BCUT2D eigenvalue weighted by Crippen LogP contribution is -2.14. The smallest absolute Gasteiger partial charge is 0.243 e. The van der Waals surface area contributed by atoms with E-state index in [4.69, 9.17) is 5.84 Å². The van der Waals surface area contributed by atoms with Gasteiger partial charge in [-0.25, -0.2) is 15.2 Å². The second kappa shape index (κ2) is 5.51. The van der Waals surface area contributed by atoms with Crippen molar-refractivity contribution >= 4 is 17.6 Å². The molecule has 2 aromatic heterocycles. The van der Waals surface area contributed by atoms with E-state index in [9.17, 15) is 4.39 Å². The van der Waals surface area contributed by atoms with Crippen LogP contribution in [0, 0.1) is 5.82 Å². The number of hydrogen-bond donors (Lipinski definition) is 3. The van der Waals surface area contributed by atoms with Gasteiger partial charge in [0.1, 0.15) is 12.1 Å². The van der Waals surface area contributed by atoms with Gasteiger partial charge in [-0.05, 0) is 12.1 Å². The third-order valence-corrected chi connectivity index (χ3v) is 2.61. The number of nitrogens with one attached hydrogen (secondary N) is 2. The van der Waals surface area contributed by atoms with Crippen LogP contribution in [-0.4, -0.2) is 24.5 Å². The molecule has 3 aromatic rings. The molecule has 0 saturated heterocycles. The molecule has 8 nitrogen and oxygen atoms in total. The van der Waals surface area contributed by atoms with Crippen molar-refractivity contribution in [1.29, 1.82) is 0 Å². The first-order chi connectivity index (χ1) is 10.3. The number of halogens is 1. The number of hydrogen-bond acceptors (Lipinski definition) is 7. The molecule has 0 unspecified atom stereocenters. The summed E-state index contributed by atoms with van der Waals surface area (Å²) < 4.78 is 15.2. The van der Waals surface area contributed by atoms with Crippen LogP contribution in [-0.2, 0) is 0 Å². The molecular formula is C12H11FN8. The maximum absolute atomic E-state index is 13.6. The highest BCUT2D eigenvalue weighted by molar-refractivity contribution is 5.55. The van der Waals surface area contributed by atoms with Crippen molar-refractivity contribution in [2.45, 2.75) is 0 Å². The highest BCUT2D eigenvalue weighted by atomic mass is 19.1. The molecule has 9 heteroatoms. The first kappa shape index (κ1) is 12.9. The van der Waals surface area contributed by atoms with Crippen LogP contribution in [0.15, 0.2) is 43.0 Å². The van der Waals surface area contributed by atoms with Gasteiger partial charge in [-0.1, -0.05) is 12.1 Å². The van der Waals surface area contributed by atoms with E-state index in [1.54, 1.807) is 35.2 Å². The topological polar surface area (TPSA) is 107 Å². The first-order valence-electron chi connectivity index (χ1n) is 5.99. The Kier molecular flexibility index (Phi) is 3.39. The number of nitrogens with two attached hydrogens (primary N) is 1. The molecule has 0 radical (unpaired) electrons. The van der Waals surface area contributed by atoms with Crippen LogP contribution in [0.2, 0.25) is 0 Å². The van der Waals surface area contributed by atoms with E-state index in [-0.39, 0.29) is 17.6 Å². The number of anilines is 3. The number of nitrogen functional groups attached to an aromatic ring is 1. The van der Waals surface area contributed by atoms with Crippen LogP contribution in [0.1, 0.15) is 0 Å². The van der Waals surface area contributed by atoms with Crippen molar-refractivity contribution in [3.05, 3.63) is 48.8 Å². The summed E-state index contributed by atoms with van der Waals surface area (Å²) in [4.78, 5) is 16.2. The molecule has 0 aliphatic rings. The molecule has 0 atom stereocenters. The minimum atomic E-state index is -0.413. The van der Waals surface area contributed by atoms with Gasteiger partial charge >= 0.3 is 0 Å². The summed E-state index contributed by atoms with van der Waals surface area (Å²) in [5.41, 5.74) is 2.59. The molecule has 0 saturated carbocycles. The van der Waals surface area contributed by atoms with E-state index in [0.717, 1.165) is 0 Å².